The number of Topliss-reactive ketones (excluding diaryl/α,β-unsaturated/α-hetero) is 1. The van der Waals surface area contributed by atoms with Gasteiger partial charge in [-0.3, -0.25) is 14.4 Å². The van der Waals surface area contributed by atoms with Crippen LogP contribution in [0.3, 0.4) is 0 Å². The zero-order valence-corrected chi connectivity index (χ0v) is 31.9. The number of amides is 2. The molecule has 11 heteroatoms. The van der Waals surface area contributed by atoms with Crippen molar-refractivity contribution < 1.29 is 28.7 Å². The Hall–Kier alpha value is -5.55. The van der Waals surface area contributed by atoms with Crippen molar-refractivity contribution in [2.75, 3.05) is 23.5 Å². The number of methoxy groups -OCH3 is 1. The van der Waals surface area contributed by atoms with Crippen molar-refractivity contribution >= 4 is 40.3 Å². The van der Waals surface area contributed by atoms with Crippen LogP contribution in [0, 0.1) is 5.21 Å². The number of ketones is 1. The quantitative estimate of drug-likeness (QED) is 0.0260. The second-order valence-electron chi connectivity index (χ2n) is 14.2. The van der Waals surface area contributed by atoms with Gasteiger partial charge in [0, 0.05) is 40.8 Å². The Morgan fingerprint density at radius 3 is 2.08 bits per heavy atom. The Balaban J connectivity index is 1.67. The molecular weight excluding hydrogens is 670 g/mol. The van der Waals surface area contributed by atoms with Gasteiger partial charge in [0.15, 0.2) is 6.10 Å². The number of carbonyl (C=O) groups excluding carboxylic acids is 3. The standard InChI is InChI=1S/C42H51N5O6/c1-9-35(53-36-25-24-29(40(4,5)10-2)27-32(36)41(6,7)11-3)38(49)44-31-21-17-18-28(26-31)37(48)42(52-8,39(50)45-30-19-13-12-14-20-30)46-47(51)34-23-16-15-22-33(34)43/h12-27,35H,9-11,43H2,1-8H3,(H,44,49)(H,45,50). The van der Waals surface area contributed by atoms with Crippen LogP contribution < -0.4 is 21.1 Å². The van der Waals surface area contributed by atoms with Gasteiger partial charge >= 0.3 is 5.72 Å². The minimum atomic E-state index is -2.68. The molecule has 0 radical (unpaired) electrons. The number of nitrogens with zero attached hydrogens (tertiary/aromatic N) is 2. The summed E-state index contributed by atoms with van der Waals surface area (Å²) in [4.78, 5) is 42.0. The van der Waals surface area contributed by atoms with E-state index < -0.39 is 29.4 Å². The van der Waals surface area contributed by atoms with Gasteiger partial charge in [0.05, 0.1) is 0 Å². The SMILES string of the molecule is CCC(Oc1ccc(C(C)(C)CC)cc1C(C)(C)CC)C(=O)Nc1cccc(C(=O)C(N=[N+]([O-])c2ccccc2N)(OC)C(=O)Nc2ccccc2)c1. The molecule has 0 fully saturated rings. The highest BCUT2D eigenvalue weighted by atomic mass is 16.5. The smallest absolute Gasteiger partial charge is 0.365 e. The Morgan fingerprint density at radius 2 is 1.45 bits per heavy atom. The highest BCUT2D eigenvalue weighted by Crippen LogP contribution is 2.39. The van der Waals surface area contributed by atoms with Crippen molar-refractivity contribution in [2.24, 2.45) is 5.11 Å². The zero-order valence-electron chi connectivity index (χ0n) is 31.9. The first-order valence-corrected chi connectivity index (χ1v) is 17.9. The molecule has 2 unspecified atom stereocenters. The number of hydrogen-bond donors (Lipinski definition) is 3. The summed E-state index contributed by atoms with van der Waals surface area (Å²) in [6, 6.07) is 26.7. The monoisotopic (exact) mass is 721 g/mol. The molecule has 4 N–H and O–H groups in total. The summed E-state index contributed by atoms with van der Waals surface area (Å²) in [5.74, 6) is -1.76. The molecule has 53 heavy (non-hydrogen) atoms. The summed E-state index contributed by atoms with van der Waals surface area (Å²) in [7, 11) is 1.10. The molecule has 4 aromatic carbocycles. The number of benzene rings is 4. The number of azo groups is 1. The van der Waals surface area contributed by atoms with Gasteiger partial charge in [-0.25, -0.2) is 0 Å². The van der Waals surface area contributed by atoms with E-state index in [9.17, 15) is 19.6 Å². The summed E-state index contributed by atoms with van der Waals surface area (Å²) in [6.07, 6.45) is 1.34. The summed E-state index contributed by atoms with van der Waals surface area (Å²) in [5.41, 5.74) is 5.85. The van der Waals surface area contributed by atoms with Crippen molar-refractivity contribution in [3.8, 4) is 5.75 Å². The predicted octanol–water partition coefficient (Wildman–Crippen LogP) is 8.90. The number of nitrogens with one attached hydrogen (secondary N) is 2. The molecule has 0 aliphatic heterocycles. The van der Waals surface area contributed by atoms with Crippen LogP contribution in [0.1, 0.15) is 89.2 Å². The number of nitrogen functional groups attached to an aromatic ring is 1. The molecule has 4 aromatic rings. The third kappa shape index (κ3) is 9.10. The Kier molecular flexibility index (Phi) is 12.8. The average Bonchev–Trinajstić information content (AvgIpc) is 3.16. The minimum Gasteiger partial charge on any atom is -0.594 e. The minimum absolute atomic E-state index is 0.0299. The second kappa shape index (κ2) is 16.9. The zero-order chi connectivity index (χ0) is 39.0. The molecule has 2 atom stereocenters. The number of rotatable bonds is 16. The molecule has 0 aliphatic carbocycles. The highest BCUT2D eigenvalue weighted by molar-refractivity contribution is 6.20. The van der Waals surface area contributed by atoms with E-state index >= 15 is 0 Å². The van der Waals surface area contributed by atoms with Gasteiger partial charge in [-0.15, -0.1) is 0 Å². The van der Waals surface area contributed by atoms with Crippen LogP contribution in [0.2, 0.25) is 0 Å². The van der Waals surface area contributed by atoms with Gasteiger partial charge < -0.3 is 31.0 Å². The van der Waals surface area contributed by atoms with Crippen molar-refractivity contribution in [1.29, 1.82) is 0 Å². The Labute approximate surface area is 312 Å². The van der Waals surface area contributed by atoms with E-state index in [4.69, 9.17) is 15.2 Å². The van der Waals surface area contributed by atoms with E-state index in [-0.39, 0.29) is 38.3 Å². The average molecular weight is 722 g/mol. The van der Waals surface area contributed by atoms with E-state index in [0.29, 0.717) is 17.9 Å². The molecule has 0 saturated heterocycles. The topological polar surface area (TPSA) is 158 Å². The lowest BCUT2D eigenvalue weighted by Gasteiger charge is -2.31. The number of hydrogen-bond acceptors (Lipinski definition) is 8. The maximum absolute atomic E-state index is 14.3. The fourth-order valence-corrected chi connectivity index (χ4v) is 5.61. The van der Waals surface area contributed by atoms with Gasteiger partial charge in [0.2, 0.25) is 5.78 Å². The number of ether oxygens (including phenoxy) is 2. The Morgan fingerprint density at radius 1 is 0.811 bits per heavy atom. The van der Waals surface area contributed by atoms with Crippen LogP contribution in [0.15, 0.2) is 102 Å². The van der Waals surface area contributed by atoms with Gasteiger partial charge in [-0.2, -0.15) is 0 Å². The lowest BCUT2D eigenvalue weighted by Crippen LogP contribution is -2.50. The molecular formula is C42H51N5O6. The van der Waals surface area contributed by atoms with Gasteiger partial charge in [-0.1, -0.05) is 103 Å². The molecule has 0 aromatic heterocycles. The lowest BCUT2D eigenvalue weighted by atomic mass is 9.76. The molecule has 11 nitrogen and oxygen atoms in total. The first kappa shape index (κ1) is 40.2. The summed E-state index contributed by atoms with van der Waals surface area (Å²) in [5, 5.41) is 22.8. The number of nitrogens with two attached hydrogens (primary N) is 1. The molecule has 0 saturated carbocycles. The molecule has 280 valence electrons. The van der Waals surface area contributed by atoms with Crippen LogP contribution in [0.25, 0.3) is 0 Å². The summed E-state index contributed by atoms with van der Waals surface area (Å²) in [6.45, 7) is 14.9. The van der Waals surface area contributed by atoms with Crippen LogP contribution in [0.4, 0.5) is 22.7 Å². The van der Waals surface area contributed by atoms with E-state index in [1.807, 2.05) is 13.0 Å². The fraction of sp³-hybridized carbons (Fsp3) is 0.357. The molecule has 2 amide bonds. The van der Waals surface area contributed by atoms with E-state index in [0.717, 1.165) is 25.5 Å². The maximum Gasteiger partial charge on any atom is 0.365 e. The van der Waals surface area contributed by atoms with Crippen molar-refractivity contribution in [3.63, 3.8) is 0 Å². The molecule has 0 aliphatic rings. The molecule has 0 heterocycles. The van der Waals surface area contributed by atoms with E-state index in [2.05, 4.69) is 69.4 Å². The van der Waals surface area contributed by atoms with Crippen molar-refractivity contribution in [1.82, 2.24) is 0 Å². The lowest BCUT2D eigenvalue weighted by molar-refractivity contribution is -0.453. The molecule has 0 spiro atoms. The van der Waals surface area contributed by atoms with Gasteiger partial charge in [0.1, 0.15) is 11.4 Å². The van der Waals surface area contributed by atoms with Crippen molar-refractivity contribution in [3.05, 3.63) is 119 Å². The number of anilines is 3. The second-order valence-corrected chi connectivity index (χ2v) is 14.2. The van der Waals surface area contributed by atoms with Gasteiger partial charge in [0.25, 0.3) is 17.5 Å². The predicted molar refractivity (Wildman–Crippen MR) is 209 cm³/mol. The largest absolute Gasteiger partial charge is 0.594 e. The molecule has 4 rings (SSSR count). The number of carbonyl (C=O) groups is 3. The summed E-state index contributed by atoms with van der Waals surface area (Å²) >= 11 is 0. The first-order valence-electron chi connectivity index (χ1n) is 17.9. The van der Waals surface area contributed by atoms with Crippen LogP contribution in [-0.2, 0) is 25.2 Å². The third-order valence-corrected chi connectivity index (χ3v) is 9.90. The van der Waals surface area contributed by atoms with Crippen LogP contribution >= 0.6 is 0 Å². The van der Waals surface area contributed by atoms with Crippen LogP contribution in [-0.4, -0.2) is 41.4 Å². The fourth-order valence-electron chi connectivity index (χ4n) is 5.61. The molecule has 0 bridgehead atoms. The normalized spacial score (nSPS) is 13.8. The van der Waals surface area contributed by atoms with Crippen LogP contribution in [0.5, 0.6) is 5.75 Å². The van der Waals surface area contributed by atoms with E-state index in [1.165, 1.54) is 29.8 Å². The van der Waals surface area contributed by atoms with E-state index in [1.54, 1.807) is 54.6 Å². The highest BCUT2D eigenvalue weighted by Gasteiger charge is 2.52. The first-order chi connectivity index (χ1) is 25.1. The third-order valence-electron chi connectivity index (χ3n) is 9.90. The Bertz CT molecular complexity index is 1960. The number of para-hydroxylation sites is 3. The maximum atomic E-state index is 14.3. The summed E-state index contributed by atoms with van der Waals surface area (Å²) < 4.78 is 12.0. The van der Waals surface area contributed by atoms with Crippen molar-refractivity contribution in [2.45, 2.75) is 90.4 Å². The van der Waals surface area contributed by atoms with Gasteiger partial charge in [-0.05, 0) is 76.9 Å².